The molecule has 0 saturated carbocycles. The fourth-order valence-corrected chi connectivity index (χ4v) is 4.67. The van der Waals surface area contributed by atoms with E-state index in [-0.39, 0.29) is 29.9 Å². The number of likely N-dealkylation sites (tertiary alicyclic amines) is 1. The zero-order valence-electron chi connectivity index (χ0n) is 19.2. The summed E-state index contributed by atoms with van der Waals surface area (Å²) in [5, 5.41) is 0. The summed E-state index contributed by atoms with van der Waals surface area (Å²) in [6.07, 6.45) is 1.54. The number of benzene rings is 2. The van der Waals surface area contributed by atoms with Crippen LogP contribution in [-0.2, 0) is 14.8 Å². The third kappa shape index (κ3) is 7.10. The Labute approximate surface area is 195 Å². The summed E-state index contributed by atoms with van der Waals surface area (Å²) < 4.78 is 44.4. The van der Waals surface area contributed by atoms with Gasteiger partial charge >= 0.3 is 0 Å². The first-order valence-corrected chi connectivity index (χ1v) is 12.8. The topological polar surface area (TPSA) is 94.2 Å². The Morgan fingerprint density at radius 1 is 0.970 bits per heavy atom. The minimum Gasteiger partial charge on any atom is -0.494 e. The second-order valence-corrected chi connectivity index (χ2v) is 9.40. The van der Waals surface area contributed by atoms with E-state index in [0.29, 0.717) is 50.6 Å². The molecule has 2 aromatic rings. The lowest BCUT2D eigenvalue weighted by molar-refractivity contribution is -0.132. The van der Waals surface area contributed by atoms with Gasteiger partial charge in [-0.3, -0.25) is 4.79 Å². The second-order valence-electron chi connectivity index (χ2n) is 7.63. The van der Waals surface area contributed by atoms with Crippen LogP contribution in [0, 0.1) is 0 Å². The van der Waals surface area contributed by atoms with E-state index in [1.54, 1.807) is 17.0 Å². The predicted octanol–water partition coefficient (Wildman–Crippen LogP) is 3.22. The molecule has 0 radical (unpaired) electrons. The molecule has 1 heterocycles. The molecule has 1 aliphatic heterocycles. The number of hydrogen-bond donors (Lipinski definition) is 1. The molecule has 1 saturated heterocycles. The molecule has 0 atom stereocenters. The molecule has 1 fully saturated rings. The van der Waals surface area contributed by atoms with Crippen LogP contribution in [0.4, 0.5) is 0 Å². The van der Waals surface area contributed by atoms with Gasteiger partial charge in [0, 0.05) is 38.9 Å². The first-order valence-electron chi connectivity index (χ1n) is 11.3. The Kier molecular flexibility index (Phi) is 8.96. The summed E-state index contributed by atoms with van der Waals surface area (Å²) in [6, 6.07) is 13.8. The number of hydrogen-bond acceptors (Lipinski definition) is 6. The molecule has 8 nitrogen and oxygen atoms in total. The van der Waals surface area contributed by atoms with Crippen molar-refractivity contribution in [1.29, 1.82) is 0 Å². The fourth-order valence-electron chi connectivity index (χ4n) is 3.64. The van der Waals surface area contributed by atoms with Crippen LogP contribution in [0.25, 0.3) is 0 Å². The first-order chi connectivity index (χ1) is 15.9. The Bertz CT molecular complexity index is 1000. The van der Waals surface area contributed by atoms with Crippen molar-refractivity contribution in [3.8, 4) is 17.2 Å². The molecule has 1 amide bonds. The number of carbonyl (C=O) groups is 1. The molecule has 9 heteroatoms. The Balaban J connectivity index is 1.43. The summed E-state index contributed by atoms with van der Waals surface area (Å²) >= 11 is 0. The maximum absolute atomic E-state index is 12.6. The van der Waals surface area contributed by atoms with Gasteiger partial charge in [-0.15, -0.1) is 0 Å². The summed E-state index contributed by atoms with van der Waals surface area (Å²) in [6.45, 7) is 6.07. The average molecular weight is 477 g/mol. The largest absolute Gasteiger partial charge is 0.494 e. The van der Waals surface area contributed by atoms with Gasteiger partial charge in [0.05, 0.1) is 18.1 Å². The number of amides is 1. The Morgan fingerprint density at radius 2 is 1.61 bits per heavy atom. The number of para-hydroxylation sites is 2. The van der Waals surface area contributed by atoms with Crippen molar-refractivity contribution in [2.45, 2.75) is 44.1 Å². The lowest BCUT2D eigenvalue weighted by Crippen LogP contribution is -2.42. The highest BCUT2D eigenvalue weighted by atomic mass is 32.2. The van der Waals surface area contributed by atoms with Crippen molar-refractivity contribution in [2.75, 3.05) is 32.8 Å². The molecular formula is C24H32N2O6S. The van der Waals surface area contributed by atoms with E-state index in [9.17, 15) is 13.2 Å². The van der Waals surface area contributed by atoms with Crippen LogP contribution >= 0.6 is 0 Å². The maximum atomic E-state index is 12.6. The van der Waals surface area contributed by atoms with Crippen molar-refractivity contribution < 1.29 is 27.4 Å². The van der Waals surface area contributed by atoms with Crippen LogP contribution in [0.5, 0.6) is 17.2 Å². The number of rotatable bonds is 11. The van der Waals surface area contributed by atoms with Gasteiger partial charge in [-0.05, 0) is 50.2 Å². The quantitative estimate of drug-likeness (QED) is 0.535. The Morgan fingerprint density at radius 3 is 2.24 bits per heavy atom. The minimum atomic E-state index is -3.68. The normalized spacial score (nSPS) is 14.7. The van der Waals surface area contributed by atoms with Crippen LogP contribution in [0.3, 0.4) is 0 Å². The number of nitrogens with zero attached hydrogens (tertiary/aromatic N) is 1. The smallest absolute Gasteiger partial charge is 0.240 e. The van der Waals surface area contributed by atoms with Crippen molar-refractivity contribution in [3.63, 3.8) is 0 Å². The van der Waals surface area contributed by atoms with Gasteiger partial charge in [-0.25, -0.2) is 13.1 Å². The number of ether oxygens (including phenoxy) is 3. The molecule has 0 bridgehead atoms. The molecule has 0 aromatic heterocycles. The van der Waals surface area contributed by atoms with Crippen molar-refractivity contribution in [3.05, 3.63) is 48.5 Å². The van der Waals surface area contributed by atoms with E-state index >= 15 is 0 Å². The standard InChI is InChI=1S/C24H32N2O6S/c1-3-30-19-9-11-21(12-10-19)33(28,29)25-16-13-24(27)26-17-14-20(15-18-26)32-23-8-6-5-7-22(23)31-4-2/h5-12,20,25H,3-4,13-18H2,1-2H3. The highest BCUT2D eigenvalue weighted by molar-refractivity contribution is 7.89. The highest BCUT2D eigenvalue weighted by Gasteiger charge is 2.25. The maximum Gasteiger partial charge on any atom is 0.240 e. The molecule has 3 rings (SSSR count). The summed E-state index contributed by atoms with van der Waals surface area (Å²) in [7, 11) is -3.68. The van der Waals surface area contributed by atoms with Crippen molar-refractivity contribution in [1.82, 2.24) is 9.62 Å². The zero-order valence-corrected chi connectivity index (χ0v) is 20.0. The molecule has 2 aromatic carbocycles. The third-order valence-corrected chi connectivity index (χ3v) is 6.79. The molecule has 1 aliphatic rings. The highest BCUT2D eigenvalue weighted by Crippen LogP contribution is 2.29. The van der Waals surface area contributed by atoms with Gasteiger partial charge in [0.2, 0.25) is 15.9 Å². The summed E-state index contributed by atoms with van der Waals surface area (Å²) in [5.74, 6) is 1.98. The van der Waals surface area contributed by atoms with Gasteiger partial charge < -0.3 is 19.1 Å². The number of piperidine rings is 1. The van der Waals surface area contributed by atoms with Crippen LogP contribution in [0.15, 0.2) is 53.4 Å². The molecule has 0 unspecified atom stereocenters. The average Bonchev–Trinajstić information content (AvgIpc) is 2.81. The predicted molar refractivity (Wildman–Crippen MR) is 125 cm³/mol. The van der Waals surface area contributed by atoms with Gasteiger partial charge in [0.25, 0.3) is 0 Å². The lowest BCUT2D eigenvalue weighted by atomic mass is 10.1. The lowest BCUT2D eigenvalue weighted by Gasteiger charge is -2.32. The van der Waals surface area contributed by atoms with Crippen molar-refractivity contribution in [2.24, 2.45) is 0 Å². The number of sulfonamides is 1. The third-order valence-electron chi connectivity index (χ3n) is 5.31. The van der Waals surface area contributed by atoms with E-state index in [2.05, 4.69) is 4.72 Å². The molecule has 0 aliphatic carbocycles. The minimum absolute atomic E-state index is 0.00817. The molecular weight excluding hydrogens is 444 g/mol. The van der Waals surface area contributed by atoms with E-state index in [1.807, 2.05) is 38.1 Å². The first kappa shape index (κ1) is 24.9. The van der Waals surface area contributed by atoms with Gasteiger partial charge in [0.15, 0.2) is 11.5 Å². The summed E-state index contributed by atoms with van der Waals surface area (Å²) in [4.78, 5) is 14.5. The SMILES string of the molecule is CCOc1ccc(S(=O)(=O)NCCC(=O)N2CCC(Oc3ccccc3OCC)CC2)cc1. The van der Waals surface area contributed by atoms with Crippen LogP contribution in [0.2, 0.25) is 0 Å². The molecule has 180 valence electrons. The number of nitrogens with one attached hydrogen (secondary N) is 1. The molecule has 33 heavy (non-hydrogen) atoms. The fraction of sp³-hybridized carbons (Fsp3) is 0.458. The monoisotopic (exact) mass is 476 g/mol. The molecule has 1 N–H and O–H groups in total. The summed E-state index contributed by atoms with van der Waals surface area (Å²) in [5.41, 5.74) is 0. The zero-order chi connectivity index (χ0) is 23.7. The second kappa shape index (κ2) is 11.9. The van der Waals surface area contributed by atoms with Gasteiger partial charge in [0.1, 0.15) is 11.9 Å². The van der Waals surface area contributed by atoms with E-state index in [0.717, 1.165) is 5.75 Å². The van der Waals surface area contributed by atoms with Crippen molar-refractivity contribution >= 4 is 15.9 Å². The number of carbonyl (C=O) groups excluding carboxylic acids is 1. The van der Waals surface area contributed by atoms with Gasteiger partial charge in [-0.1, -0.05) is 12.1 Å². The van der Waals surface area contributed by atoms with Gasteiger partial charge in [-0.2, -0.15) is 0 Å². The van der Waals surface area contributed by atoms with E-state index in [1.165, 1.54) is 12.1 Å². The van der Waals surface area contributed by atoms with Crippen LogP contribution in [0.1, 0.15) is 33.1 Å². The van der Waals surface area contributed by atoms with E-state index in [4.69, 9.17) is 14.2 Å². The van der Waals surface area contributed by atoms with E-state index < -0.39 is 10.0 Å². The molecule has 0 spiro atoms. The Hall–Kier alpha value is -2.78. The van der Waals surface area contributed by atoms with Crippen LogP contribution in [-0.4, -0.2) is 58.2 Å². The van der Waals surface area contributed by atoms with Crippen LogP contribution < -0.4 is 18.9 Å².